The summed E-state index contributed by atoms with van der Waals surface area (Å²) in [6.45, 7) is 12.1. The standard InChI is InChI=1S/C13H27N3O/c1-12(2,3)10-9-16(11(17)15(10)6)8-7-13(4,5)14/h10H,7-9,14H2,1-6H3. The van der Waals surface area contributed by atoms with Crippen LogP contribution in [0.4, 0.5) is 4.79 Å². The molecule has 0 bridgehead atoms. The molecule has 1 aliphatic heterocycles. The Balaban J connectivity index is 2.64. The lowest BCUT2D eigenvalue weighted by molar-refractivity contribution is 0.172. The number of nitrogens with two attached hydrogens (primary N) is 1. The van der Waals surface area contributed by atoms with Crippen LogP contribution in [0.3, 0.4) is 0 Å². The van der Waals surface area contributed by atoms with Crippen LogP contribution >= 0.6 is 0 Å². The monoisotopic (exact) mass is 241 g/mol. The second-order valence-corrected chi connectivity index (χ2v) is 6.96. The van der Waals surface area contributed by atoms with E-state index in [4.69, 9.17) is 5.73 Å². The molecule has 0 aromatic heterocycles. The molecule has 17 heavy (non-hydrogen) atoms. The Bertz CT molecular complexity index is 288. The van der Waals surface area contributed by atoms with Crippen molar-refractivity contribution in [1.29, 1.82) is 0 Å². The van der Waals surface area contributed by atoms with Crippen molar-refractivity contribution >= 4 is 6.03 Å². The van der Waals surface area contributed by atoms with Crippen LogP contribution in [-0.4, -0.2) is 47.5 Å². The zero-order chi connectivity index (χ0) is 13.4. The van der Waals surface area contributed by atoms with Gasteiger partial charge in [0.15, 0.2) is 0 Å². The molecule has 1 atom stereocenters. The molecule has 1 aliphatic rings. The Morgan fingerprint density at radius 2 is 1.82 bits per heavy atom. The summed E-state index contributed by atoms with van der Waals surface area (Å²) in [6.07, 6.45) is 0.837. The van der Waals surface area contributed by atoms with Gasteiger partial charge >= 0.3 is 6.03 Å². The van der Waals surface area contributed by atoms with Crippen molar-refractivity contribution in [2.24, 2.45) is 11.1 Å². The van der Waals surface area contributed by atoms with E-state index >= 15 is 0 Å². The summed E-state index contributed by atoms with van der Waals surface area (Å²) in [6, 6.07) is 0.421. The fourth-order valence-electron chi connectivity index (χ4n) is 2.23. The van der Waals surface area contributed by atoms with Crippen molar-refractivity contribution < 1.29 is 4.79 Å². The Kier molecular flexibility index (Phi) is 3.77. The van der Waals surface area contributed by atoms with E-state index in [1.165, 1.54) is 0 Å². The van der Waals surface area contributed by atoms with Crippen LogP contribution in [0, 0.1) is 5.41 Å². The van der Waals surface area contributed by atoms with Gasteiger partial charge in [-0.05, 0) is 25.7 Å². The molecule has 2 N–H and O–H groups in total. The second kappa shape index (κ2) is 4.48. The zero-order valence-electron chi connectivity index (χ0n) is 12.1. The molecule has 100 valence electrons. The highest BCUT2D eigenvalue weighted by Gasteiger charge is 2.40. The minimum absolute atomic E-state index is 0.122. The third-order valence-corrected chi connectivity index (χ3v) is 3.46. The number of carbonyl (C=O) groups is 1. The molecule has 1 saturated heterocycles. The number of nitrogens with zero attached hydrogens (tertiary/aromatic N) is 2. The van der Waals surface area contributed by atoms with Gasteiger partial charge in [0.1, 0.15) is 0 Å². The van der Waals surface area contributed by atoms with Crippen molar-refractivity contribution in [3.63, 3.8) is 0 Å². The van der Waals surface area contributed by atoms with E-state index in [-0.39, 0.29) is 23.0 Å². The summed E-state index contributed by atoms with van der Waals surface area (Å²) in [5.41, 5.74) is 5.88. The summed E-state index contributed by atoms with van der Waals surface area (Å²) in [5.74, 6) is 0. The smallest absolute Gasteiger partial charge is 0.320 e. The predicted molar refractivity (Wildman–Crippen MR) is 70.9 cm³/mol. The highest BCUT2D eigenvalue weighted by molar-refractivity contribution is 5.77. The van der Waals surface area contributed by atoms with Gasteiger partial charge in [-0.1, -0.05) is 20.8 Å². The Labute approximate surface area is 105 Å². The lowest BCUT2D eigenvalue weighted by atomic mass is 9.86. The lowest BCUT2D eigenvalue weighted by Gasteiger charge is -2.31. The van der Waals surface area contributed by atoms with Gasteiger partial charge in [0.05, 0.1) is 6.04 Å². The minimum atomic E-state index is -0.210. The van der Waals surface area contributed by atoms with E-state index in [2.05, 4.69) is 20.8 Å². The van der Waals surface area contributed by atoms with Crippen molar-refractivity contribution in [3.8, 4) is 0 Å². The van der Waals surface area contributed by atoms with Gasteiger partial charge in [0, 0.05) is 25.7 Å². The number of rotatable bonds is 3. The van der Waals surface area contributed by atoms with E-state index in [1.807, 2.05) is 30.7 Å². The SMILES string of the molecule is CN1C(=O)N(CCC(C)(C)N)CC1C(C)(C)C. The first-order valence-electron chi connectivity index (χ1n) is 6.33. The quantitative estimate of drug-likeness (QED) is 0.820. The van der Waals surface area contributed by atoms with Crippen molar-refractivity contribution in [2.75, 3.05) is 20.1 Å². The van der Waals surface area contributed by atoms with E-state index in [0.29, 0.717) is 0 Å². The largest absolute Gasteiger partial charge is 0.325 e. The number of urea groups is 1. The maximum Gasteiger partial charge on any atom is 0.320 e. The summed E-state index contributed by atoms with van der Waals surface area (Å²) < 4.78 is 0. The van der Waals surface area contributed by atoms with Gasteiger partial charge < -0.3 is 15.5 Å². The topological polar surface area (TPSA) is 49.6 Å². The van der Waals surface area contributed by atoms with Gasteiger partial charge in [0.2, 0.25) is 0 Å². The lowest BCUT2D eigenvalue weighted by Crippen LogP contribution is -2.39. The summed E-state index contributed by atoms with van der Waals surface area (Å²) in [5, 5.41) is 0. The molecule has 1 fully saturated rings. The summed E-state index contributed by atoms with van der Waals surface area (Å²) in [4.78, 5) is 15.9. The fourth-order valence-corrected chi connectivity index (χ4v) is 2.23. The van der Waals surface area contributed by atoms with Crippen LogP contribution in [0.5, 0.6) is 0 Å². The third kappa shape index (κ3) is 3.60. The molecule has 0 aromatic rings. The van der Waals surface area contributed by atoms with Crippen molar-refractivity contribution in [3.05, 3.63) is 0 Å². The van der Waals surface area contributed by atoms with Crippen LogP contribution in [0.1, 0.15) is 41.0 Å². The molecule has 4 nitrogen and oxygen atoms in total. The number of likely N-dealkylation sites (N-methyl/N-ethyl adjacent to an activating group) is 1. The fraction of sp³-hybridized carbons (Fsp3) is 0.923. The molecule has 0 aliphatic carbocycles. The number of amides is 2. The van der Waals surface area contributed by atoms with Crippen LogP contribution in [0.2, 0.25) is 0 Å². The predicted octanol–water partition coefficient (Wildman–Crippen LogP) is 1.90. The van der Waals surface area contributed by atoms with Gasteiger partial charge in [-0.3, -0.25) is 0 Å². The maximum atomic E-state index is 12.1. The molecule has 0 saturated carbocycles. The van der Waals surface area contributed by atoms with Gasteiger partial charge in [-0.25, -0.2) is 4.79 Å². The number of hydrogen-bond donors (Lipinski definition) is 1. The first-order chi connectivity index (χ1) is 7.52. The third-order valence-electron chi connectivity index (χ3n) is 3.46. The zero-order valence-corrected chi connectivity index (χ0v) is 12.1. The van der Waals surface area contributed by atoms with Crippen molar-refractivity contribution in [1.82, 2.24) is 9.80 Å². The minimum Gasteiger partial charge on any atom is -0.325 e. The van der Waals surface area contributed by atoms with Crippen LogP contribution in [0.15, 0.2) is 0 Å². The van der Waals surface area contributed by atoms with Crippen LogP contribution < -0.4 is 5.73 Å². The highest BCUT2D eigenvalue weighted by atomic mass is 16.2. The highest BCUT2D eigenvalue weighted by Crippen LogP contribution is 2.29. The first kappa shape index (κ1) is 14.3. The van der Waals surface area contributed by atoms with Crippen LogP contribution in [0.25, 0.3) is 0 Å². The van der Waals surface area contributed by atoms with Gasteiger partial charge in [0.25, 0.3) is 0 Å². The van der Waals surface area contributed by atoms with E-state index in [1.54, 1.807) is 0 Å². The molecule has 0 aromatic carbocycles. The molecule has 1 unspecified atom stereocenters. The van der Waals surface area contributed by atoms with E-state index in [0.717, 1.165) is 19.5 Å². The Hall–Kier alpha value is -0.770. The molecule has 1 heterocycles. The molecule has 0 spiro atoms. The Morgan fingerprint density at radius 3 is 2.18 bits per heavy atom. The average molecular weight is 241 g/mol. The normalized spacial score (nSPS) is 22.5. The maximum absolute atomic E-state index is 12.1. The molecular weight excluding hydrogens is 214 g/mol. The summed E-state index contributed by atoms with van der Waals surface area (Å²) in [7, 11) is 1.89. The van der Waals surface area contributed by atoms with Gasteiger partial charge in [-0.15, -0.1) is 0 Å². The Morgan fingerprint density at radius 1 is 1.29 bits per heavy atom. The van der Waals surface area contributed by atoms with Crippen molar-refractivity contribution in [2.45, 2.75) is 52.6 Å². The van der Waals surface area contributed by atoms with Gasteiger partial charge in [-0.2, -0.15) is 0 Å². The first-order valence-corrected chi connectivity index (χ1v) is 6.33. The average Bonchev–Trinajstić information content (AvgIpc) is 2.39. The molecule has 0 radical (unpaired) electrons. The molecule has 4 heteroatoms. The second-order valence-electron chi connectivity index (χ2n) is 6.96. The number of carbonyl (C=O) groups excluding carboxylic acids is 1. The summed E-state index contributed by atoms with van der Waals surface area (Å²) >= 11 is 0. The number of hydrogen-bond acceptors (Lipinski definition) is 2. The molecule has 1 rings (SSSR count). The molecule has 2 amide bonds. The molecular formula is C13H27N3O. The van der Waals surface area contributed by atoms with E-state index in [9.17, 15) is 4.79 Å². The van der Waals surface area contributed by atoms with E-state index < -0.39 is 0 Å². The van der Waals surface area contributed by atoms with Crippen LogP contribution in [-0.2, 0) is 0 Å².